The molecule has 0 atom stereocenters. The van der Waals surface area contributed by atoms with E-state index in [0.29, 0.717) is 22.4 Å². The molecule has 0 aliphatic carbocycles. The third kappa shape index (κ3) is 2.54. The van der Waals surface area contributed by atoms with Crippen molar-refractivity contribution in [2.24, 2.45) is 5.10 Å². The van der Waals surface area contributed by atoms with Crippen molar-refractivity contribution in [2.75, 3.05) is 5.75 Å². The summed E-state index contributed by atoms with van der Waals surface area (Å²) in [4.78, 5) is 14.6. The summed E-state index contributed by atoms with van der Waals surface area (Å²) in [5, 5.41) is 24.4. The molecule has 0 saturated carbocycles. The minimum absolute atomic E-state index is 0.0574. The van der Waals surface area contributed by atoms with Crippen molar-refractivity contribution in [2.45, 2.75) is 5.16 Å². The first kappa shape index (κ1) is 14.5. The molecule has 3 aromatic rings. The third-order valence-corrected chi connectivity index (χ3v) is 4.41. The van der Waals surface area contributed by atoms with Gasteiger partial charge in [0.25, 0.3) is 5.69 Å². The predicted molar refractivity (Wildman–Crippen MR) is 89.0 cm³/mol. The molecule has 118 valence electrons. The first-order valence-electron chi connectivity index (χ1n) is 7.04. The van der Waals surface area contributed by atoms with Gasteiger partial charge in [-0.3, -0.25) is 15.1 Å². The van der Waals surface area contributed by atoms with Crippen molar-refractivity contribution >= 4 is 23.2 Å². The van der Waals surface area contributed by atoms with Gasteiger partial charge < -0.3 is 0 Å². The second kappa shape index (κ2) is 5.85. The quantitative estimate of drug-likeness (QED) is 0.537. The van der Waals surface area contributed by atoms with Gasteiger partial charge in [0.05, 0.1) is 10.6 Å². The van der Waals surface area contributed by atoms with E-state index < -0.39 is 4.92 Å². The highest BCUT2D eigenvalue weighted by Gasteiger charge is 2.21. The number of benzene rings is 1. The number of pyridine rings is 1. The molecular formula is C15H10N6O2S. The first-order valence-corrected chi connectivity index (χ1v) is 8.03. The van der Waals surface area contributed by atoms with Gasteiger partial charge in [-0.2, -0.15) is 9.78 Å². The number of non-ortho nitro benzene ring substituents is 1. The SMILES string of the molecule is O=[N+]([O-])c1ccc(C2=Nn3c(nnc3-c3ccccn3)SC2)cc1. The van der Waals surface area contributed by atoms with Crippen LogP contribution in [0.1, 0.15) is 5.56 Å². The zero-order valence-corrected chi connectivity index (χ0v) is 13.1. The van der Waals surface area contributed by atoms with E-state index in [1.165, 1.54) is 23.9 Å². The Morgan fingerprint density at radius 3 is 2.67 bits per heavy atom. The molecule has 2 aromatic heterocycles. The van der Waals surface area contributed by atoms with Gasteiger partial charge in [-0.15, -0.1) is 10.2 Å². The van der Waals surface area contributed by atoms with E-state index in [-0.39, 0.29) is 5.69 Å². The number of nitrogens with zero attached hydrogens (tertiary/aromatic N) is 6. The summed E-state index contributed by atoms with van der Waals surface area (Å²) in [5.41, 5.74) is 2.38. The predicted octanol–water partition coefficient (Wildman–Crippen LogP) is 2.61. The Labute approximate surface area is 140 Å². The fraction of sp³-hybridized carbons (Fsp3) is 0.0667. The number of aromatic nitrogens is 4. The number of nitro benzene ring substituents is 1. The van der Waals surface area contributed by atoms with E-state index in [2.05, 4.69) is 20.3 Å². The van der Waals surface area contributed by atoms with Crippen LogP contribution >= 0.6 is 11.8 Å². The van der Waals surface area contributed by atoms with Crippen LogP contribution in [0.3, 0.4) is 0 Å². The van der Waals surface area contributed by atoms with E-state index >= 15 is 0 Å². The van der Waals surface area contributed by atoms with E-state index in [9.17, 15) is 10.1 Å². The fourth-order valence-electron chi connectivity index (χ4n) is 2.30. The number of rotatable bonds is 3. The van der Waals surface area contributed by atoms with Crippen molar-refractivity contribution < 1.29 is 4.92 Å². The van der Waals surface area contributed by atoms with Gasteiger partial charge in [0.15, 0.2) is 0 Å². The van der Waals surface area contributed by atoms with E-state index in [0.717, 1.165) is 11.3 Å². The average molecular weight is 338 g/mol. The number of hydrogen-bond acceptors (Lipinski definition) is 7. The zero-order chi connectivity index (χ0) is 16.5. The maximum Gasteiger partial charge on any atom is 0.269 e. The van der Waals surface area contributed by atoms with Crippen molar-refractivity contribution in [1.82, 2.24) is 19.9 Å². The molecule has 8 nitrogen and oxygen atoms in total. The van der Waals surface area contributed by atoms with Crippen LogP contribution in [0.2, 0.25) is 0 Å². The third-order valence-electron chi connectivity index (χ3n) is 3.48. The molecule has 3 heterocycles. The topological polar surface area (TPSA) is 99.1 Å². The number of fused-ring (bicyclic) bond motifs is 1. The van der Waals surface area contributed by atoms with E-state index in [1.807, 2.05) is 18.2 Å². The van der Waals surface area contributed by atoms with Crippen molar-refractivity contribution in [1.29, 1.82) is 0 Å². The molecule has 24 heavy (non-hydrogen) atoms. The largest absolute Gasteiger partial charge is 0.269 e. The molecule has 1 aromatic carbocycles. The summed E-state index contributed by atoms with van der Waals surface area (Å²) in [6, 6.07) is 11.9. The molecule has 0 N–H and O–H groups in total. The second-order valence-corrected chi connectivity index (χ2v) is 5.91. The van der Waals surface area contributed by atoms with Crippen molar-refractivity contribution in [3.63, 3.8) is 0 Å². The maximum atomic E-state index is 10.8. The van der Waals surface area contributed by atoms with Crippen LogP contribution < -0.4 is 0 Å². The number of thioether (sulfide) groups is 1. The lowest BCUT2D eigenvalue weighted by molar-refractivity contribution is -0.384. The molecule has 0 bridgehead atoms. The monoisotopic (exact) mass is 338 g/mol. The van der Waals surface area contributed by atoms with Crippen LogP contribution in [0.5, 0.6) is 0 Å². The van der Waals surface area contributed by atoms with Crippen molar-refractivity contribution in [3.8, 4) is 11.5 Å². The molecule has 0 spiro atoms. The van der Waals surface area contributed by atoms with E-state index in [4.69, 9.17) is 0 Å². The zero-order valence-electron chi connectivity index (χ0n) is 12.2. The van der Waals surface area contributed by atoms with Crippen LogP contribution in [-0.4, -0.2) is 36.2 Å². The van der Waals surface area contributed by atoms with Gasteiger partial charge >= 0.3 is 0 Å². The van der Waals surface area contributed by atoms with Crippen LogP contribution in [-0.2, 0) is 0 Å². The molecule has 9 heteroatoms. The molecule has 0 unspecified atom stereocenters. The van der Waals surface area contributed by atoms with Gasteiger partial charge in [0.2, 0.25) is 11.0 Å². The standard InChI is InChI=1S/C15H10N6O2S/c22-21(23)11-6-4-10(5-7-11)13-9-24-15-18-17-14(20(15)19-13)12-3-1-2-8-16-12/h1-8H,9H2. The highest BCUT2D eigenvalue weighted by molar-refractivity contribution is 7.99. The second-order valence-electron chi connectivity index (χ2n) is 4.97. The van der Waals surface area contributed by atoms with Gasteiger partial charge in [-0.25, -0.2) is 0 Å². The molecule has 4 rings (SSSR count). The van der Waals surface area contributed by atoms with Crippen LogP contribution in [0.15, 0.2) is 58.9 Å². The summed E-state index contributed by atoms with van der Waals surface area (Å²) >= 11 is 1.51. The lowest BCUT2D eigenvalue weighted by Crippen LogP contribution is -2.14. The van der Waals surface area contributed by atoms with Gasteiger partial charge in [-0.1, -0.05) is 17.8 Å². The molecule has 1 aliphatic heterocycles. The Kier molecular flexibility index (Phi) is 3.54. The molecule has 0 radical (unpaired) electrons. The Morgan fingerprint density at radius 2 is 1.96 bits per heavy atom. The molecular weight excluding hydrogens is 328 g/mol. The average Bonchev–Trinajstić information content (AvgIpc) is 3.05. The normalized spacial score (nSPS) is 13.2. The fourth-order valence-corrected chi connectivity index (χ4v) is 3.14. The Bertz CT molecular complexity index is 936. The Balaban J connectivity index is 1.74. The summed E-state index contributed by atoms with van der Waals surface area (Å²) in [7, 11) is 0. The number of nitro groups is 1. The highest BCUT2D eigenvalue weighted by atomic mass is 32.2. The first-order chi connectivity index (χ1) is 11.7. The number of hydrogen-bond donors (Lipinski definition) is 0. The minimum atomic E-state index is -0.418. The lowest BCUT2D eigenvalue weighted by atomic mass is 10.1. The summed E-state index contributed by atoms with van der Waals surface area (Å²) < 4.78 is 1.66. The van der Waals surface area contributed by atoms with Crippen LogP contribution in [0.4, 0.5) is 5.69 Å². The molecule has 0 amide bonds. The summed E-state index contributed by atoms with van der Waals surface area (Å²) in [5.74, 6) is 1.19. The van der Waals surface area contributed by atoms with Crippen molar-refractivity contribution in [3.05, 3.63) is 64.3 Å². The van der Waals surface area contributed by atoms with Crippen LogP contribution in [0, 0.1) is 10.1 Å². The van der Waals surface area contributed by atoms with Crippen LogP contribution in [0.25, 0.3) is 11.5 Å². The van der Waals surface area contributed by atoms with Gasteiger partial charge in [0, 0.05) is 24.1 Å². The van der Waals surface area contributed by atoms with Gasteiger partial charge in [0.1, 0.15) is 5.69 Å². The Morgan fingerprint density at radius 1 is 1.12 bits per heavy atom. The maximum absolute atomic E-state index is 10.8. The Hall–Kier alpha value is -3.07. The summed E-state index contributed by atoms with van der Waals surface area (Å²) in [6.07, 6.45) is 1.69. The highest BCUT2D eigenvalue weighted by Crippen LogP contribution is 2.27. The smallest absolute Gasteiger partial charge is 0.258 e. The lowest BCUT2D eigenvalue weighted by Gasteiger charge is -2.13. The molecule has 0 fully saturated rings. The summed E-state index contributed by atoms with van der Waals surface area (Å²) in [6.45, 7) is 0. The van der Waals surface area contributed by atoms with E-state index in [1.54, 1.807) is 23.0 Å². The minimum Gasteiger partial charge on any atom is -0.258 e. The van der Waals surface area contributed by atoms with Gasteiger partial charge in [-0.05, 0) is 29.8 Å². The molecule has 0 saturated heterocycles. The molecule has 1 aliphatic rings.